The molecule has 1 saturated heterocycles. The number of rotatable bonds is 4. The molecule has 3 N–H and O–H groups in total. The molecule has 1 aromatic rings. The molecule has 1 aliphatic heterocycles. The molecule has 1 fully saturated rings. The molecule has 0 amide bonds. The minimum absolute atomic E-state index is 0.256. The molecular formula is C13H21N3O. The van der Waals surface area contributed by atoms with E-state index in [-0.39, 0.29) is 6.61 Å². The van der Waals surface area contributed by atoms with Gasteiger partial charge in [-0.3, -0.25) is 9.80 Å². The van der Waals surface area contributed by atoms with Gasteiger partial charge in [0.2, 0.25) is 0 Å². The number of nitrogens with zero attached hydrogens (tertiary/aromatic N) is 2. The van der Waals surface area contributed by atoms with Crippen LogP contribution in [0.2, 0.25) is 0 Å². The molecule has 0 aliphatic carbocycles. The average Bonchev–Trinajstić information content (AvgIpc) is 2.35. The van der Waals surface area contributed by atoms with Crippen molar-refractivity contribution in [2.45, 2.75) is 6.54 Å². The van der Waals surface area contributed by atoms with E-state index in [0.717, 1.165) is 45.0 Å². The van der Waals surface area contributed by atoms with E-state index in [2.05, 4.69) is 15.9 Å². The molecule has 4 nitrogen and oxygen atoms in total. The maximum Gasteiger partial charge on any atom is 0.0558 e. The highest BCUT2D eigenvalue weighted by atomic mass is 16.3. The van der Waals surface area contributed by atoms with E-state index in [1.165, 1.54) is 5.56 Å². The molecule has 0 atom stereocenters. The van der Waals surface area contributed by atoms with Gasteiger partial charge in [0.15, 0.2) is 0 Å². The number of nitrogen functional groups attached to an aromatic ring is 1. The van der Waals surface area contributed by atoms with E-state index in [4.69, 9.17) is 10.8 Å². The molecular weight excluding hydrogens is 214 g/mol. The Balaban J connectivity index is 1.84. The first-order chi connectivity index (χ1) is 8.29. The molecule has 17 heavy (non-hydrogen) atoms. The molecule has 0 aromatic heterocycles. The van der Waals surface area contributed by atoms with Crippen molar-refractivity contribution in [3.8, 4) is 0 Å². The Morgan fingerprint density at radius 3 is 2.35 bits per heavy atom. The van der Waals surface area contributed by atoms with Crippen molar-refractivity contribution in [2.24, 2.45) is 0 Å². The highest BCUT2D eigenvalue weighted by Gasteiger charge is 2.16. The number of piperazine rings is 1. The van der Waals surface area contributed by atoms with Gasteiger partial charge in [-0.15, -0.1) is 0 Å². The van der Waals surface area contributed by atoms with Gasteiger partial charge in [-0.05, 0) is 11.6 Å². The van der Waals surface area contributed by atoms with Crippen molar-refractivity contribution in [1.82, 2.24) is 9.80 Å². The van der Waals surface area contributed by atoms with Crippen LogP contribution in [0.1, 0.15) is 5.56 Å². The summed E-state index contributed by atoms with van der Waals surface area (Å²) in [6.07, 6.45) is 0. The zero-order valence-corrected chi connectivity index (χ0v) is 10.2. The van der Waals surface area contributed by atoms with Gasteiger partial charge in [0.25, 0.3) is 0 Å². The minimum Gasteiger partial charge on any atom is -0.398 e. The largest absolute Gasteiger partial charge is 0.398 e. The summed E-state index contributed by atoms with van der Waals surface area (Å²) in [5, 5.41) is 8.88. The van der Waals surface area contributed by atoms with Gasteiger partial charge in [0.05, 0.1) is 6.61 Å². The summed E-state index contributed by atoms with van der Waals surface area (Å²) < 4.78 is 0. The number of nitrogens with two attached hydrogens (primary N) is 1. The van der Waals surface area contributed by atoms with Crippen LogP contribution in [0.15, 0.2) is 24.3 Å². The van der Waals surface area contributed by atoms with Crippen LogP contribution in [0.25, 0.3) is 0 Å². The van der Waals surface area contributed by atoms with Crippen LogP contribution in [0, 0.1) is 0 Å². The Morgan fingerprint density at radius 1 is 1.06 bits per heavy atom. The average molecular weight is 235 g/mol. The number of anilines is 1. The molecule has 1 aliphatic rings. The first kappa shape index (κ1) is 12.4. The molecule has 4 heteroatoms. The predicted molar refractivity (Wildman–Crippen MR) is 69.7 cm³/mol. The maximum atomic E-state index is 8.88. The van der Waals surface area contributed by atoms with Gasteiger partial charge in [-0.2, -0.15) is 0 Å². The van der Waals surface area contributed by atoms with Gasteiger partial charge >= 0.3 is 0 Å². The lowest BCUT2D eigenvalue weighted by Gasteiger charge is -2.34. The zero-order valence-electron chi connectivity index (χ0n) is 10.2. The molecule has 94 valence electrons. The molecule has 0 unspecified atom stereocenters. The highest BCUT2D eigenvalue weighted by molar-refractivity contribution is 5.46. The quantitative estimate of drug-likeness (QED) is 0.741. The SMILES string of the molecule is Nc1ccccc1CN1CCN(CCO)CC1. The summed E-state index contributed by atoms with van der Waals surface area (Å²) in [7, 11) is 0. The first-order valence-electron chi connectivity index (χ1n) is 6.18. The lowest BCUT2D eigenvalue weighted by Crippen LogP contribution is -2.46. The Morgan fingerprint density at radius 2 is 1.71 bits per heavy atom. The monoisotopic (exact) mass is 235 g/mol. The number of aliphatic hydroxyl groups excluding tert-OH is 1. The van der Waals surface area contributed by atoms with Gasteiger partial charge in [-0.25, -0.2) is 0 Å². The zero-order chi connectivity index (χ0) is 12.1. The van der Waals surface area contributed by atoms with Crippen molar-refractivity contribution in [3.05, 3.63) is 29.8 Å². The van der Waals surface area contributed by atoms with Crippen LogP contribution in [0.5, 0.6) is 0 Å². The summed E-state index contributed by atoms with van der Waals surface area (Å²) in [5.41, 5.74) is 8.03. The summed E-state index contributed by atoms with van der Waals surface area (Å²) in [6, 6.07) is 8.05. The summed E-state index contributed by atoms with van der Waals surface area (Å²) in [5.74, 6) is 0. The molecule has 0 saturated carbocycles. The van der Waals surface area contributed by atoms with E-state index >= 15 is 0 Å². The van der Waals surface area contributed by atoms with E-state index in [0.29, 0.717) is 0 Å². The van der Waals surface area contributed by atoms with Crippen LogP contribution >= 0.6 is 0 Å². The molecule has 0 radical (unpaired) electrons. The summed E-state index contributed by atoms with van der Waals surface area (Å²) >= 11 is 0. The topological polar surface area (TPSA) is 52.7 Å². The number of benzene rings is 1. The second-order valence-electron chi connectivity index (χ2n) is 4.54. The fourth-order valence-electron chi connectivity index (χ4n) is 2.23. The fourth-order valence-corrected chi connectivity index (χ4v) is 2.23. The minimum atomic E-state index is 0.256. The molecule has 0 bridgehead atoms. The van der Waals surface area contributed by atoms with Crippen molar-refractivity contribution in [1.29, 1.82) is 0 Å². The van der Waals surface area contributed by atoms with Crippen molar-refractivity contribution >= 4 is 5.69 Å². The highest BCUT2D eigenvalue weighted by Crippen LogP contribution is 2.14. The fraction of sp³-hybridized carbons (Fsp3) is 0.538. The second kappa shape index (κ2) is 6.00. The number of hydrogen-bond donors (Lipinski definition) is 2. The Kier molecular flexibility index (Phi) is 4.36. The van der Waals surface area contributed by atoms with Gasteiger partial charge in [0, 0.05) is 45.0 Å². The summed E-state index contributed by atoms with van der Waals surface area (Å²) in [6.45, 7) is 6.15. The van der Waals surface area contributed by atoms with Crippen LogP contribution in [0.4, 0.5) is 5.69 Å². The number of aliphatic hydroxyl groups is 1. The van der Waals surface area contributed by atoms with E-state index in [1.54, 1.807) is 0 Å². The third-order valence-electron chi connectivity index (χ3n) is 3.33. The van der Waals surface area contributed by atoms with E-state index < -0.39 is 0 Å². The van der Waals surface area contributed by atoms with E-state index in [9.17, 15) is 0 Å². The van der Waals surface area contributed by atoms with Crippen LogP contribution in [-0.2, 0) is 6.54 Å². The van der Waals surface area contributed by atoms with Gasteiger partial charge < -0.3 is 10.8 Å². The van der Waals surface area contributed by atoms with Crippen LogP contribution < -0.4 is 5.73 Å². The number of para-hydroxylation sites is 1. The Bertz CT molecular complexity index is 348. The molecule has 1 heterocycles. The Labute approximate surface area is 103 Å². The Hall–Kier alpha value is -1.10. The molecule has 1 aromatic carbocycles. The lowest BCUT2D eigenvalue weighted by atomic mass is 10.1. The third kappa shape index (κ3) is 3.43. The smallest absolute Gasteiger partial charge is 0.0558 e. The van der Waals surface area contributed by atoms with Crippen molar-refractivity contribution < 1.29 is 5.11 Å². The number of hydrogen-bond acceptors (Lipinski definition) is 4. The normalized spacial score (nSPS) is 18.4. The van der Waals surface area contributed by atoms with Crippen molar-refractivity contribution in [2.75, 3.05) is 45.1 Å². The predicted octanol–water partition coefficient (Wildman–Crippen LogP) is 0.379. The van der Waals surface area contributed by atoms with Gasteiger partial charge in [-0.1, -0.05) is 18.2 Å². The first-order valence-corrected chi connectivity index (χ1v) is 6.18. The second-order valence-corrected chi connectivity index (χ2v) is 4.54. The maximum absolute atomic E-state index is 8.88. The molecule has 0 spiro atoms. The van der Waals surface area contributed by atoms with Gasteiger partial charge in [0.1, 0.15) is 0 Å². The molecule has 2 rings (SSSR count). The van der Waals surface area contributed by atoms with E-state index in [1.807, 2.05) is 18.2 Å². The summed E-state index contributed by atoms with van der Waals surface area (Å²) in [4.78, 5) is 4.71. The van der Waals surface area contributed by atoms with Crippen LogP contribution in [0.3, 0.4) is 0 Å². The van der Waals surface area contributed by atoms with Crippen molar-refractivity contribution in [3.63, 3.8) is 0 Å². The lowest BCUT2D eigenvalue weighted by molar-refractivity contribution is 0.108. The van der Waals surface area contributed by atoms with Crippen LogP contribution in [-0.4, -0.2) is 54.2 Å². The third-order valence-corrected chi connectivity index (χ3v) is 3.33. The standard InChI is InChI=1S/C13H21N3O/c14-13-4-2-1-3-12(13)11-16-7-5-15(6-8-16)9-10-17/h1-4,17H,5-11,14H2. The number of β-amino-alcohol motifs (C(OH)–C–C–N with tert-alkyl or cyclic N) is 1.